The highest BCUT2D eigenvalue weighted by Gasteiger charge is 2.22. The molecule has 3 N–H and O–H groups in total. The Balaban J connectivity index is 2.31. The largest absolute Gasteiger partial charge is 0.381 e. The molecule has 1 saturated heterocycles. The first kappa shape index (κ1) is 10.5. The number of nitrogens with one attached hydrogen (secondary N) is 1. The van der Waals surface area contributed by atoms with E-state index in [4.69, 9.17) is 17.0 Å². The lowest BCUT2D eigenvalue weighted by Crippen LogP contribution is -2.42. The first-order valence-corrected chi connectivity index (χ1v) is 4.86. The van der Waals surface area contributed by atoms with Crippen molar-refractivity contribution in [3.63, 3.8) is 0 Å². The minimum atomic E-state index is 0.361. The summed E-state index contributed by atoms with van der Waals surface area (Å²) in [6, 6.07) is 0.361. The molecule has 1 fully saturated rings. The molecule has 0 saturated carbocycles. The summed E-state index contributed by atoms with van der Waals surface area (Å²) >= 11 is 0. The van der Waals surface area contributed by atoms with Crippen molar-refractivity contribution in [3.8, 4) is 12.3 Å². The number of hydrogen-bond donors (Lipinski definition) is 2. The van der Waals surface area contributed by atoms with E-state index in [0.29, 0.717) is 12.0 Å². The standard InChI is InChI=1S/C10H18N2O/c1-2-3-4-10(12-11)9-5-7-13-8-6-9/h1,9-10,12H,3-8,11H2. The molecule has 1 heterocycles. The molecule has 0 spiro atoms. The zero-order chi connectivity index (χ0) is 9.52. The van der Waals surface area contributed by atoms with Crippen molar-refractivity contribution >= 4 is 0 Å². The predicted molar refractivity (Wildman–Crippen MR) is 52.7 cm³/mol. The highest BCUT2D eigenvalue weighted by atomic mass is 16.5. The van der Waals surface area contributed by atoms with Gasteiger partial charge in [-0.3, -0.25) is 11.3 Å². The lowest BCUT2D eigenvalue weighted by Gasteiger charge is -2.29. The van der Waals surface area contributed by atoms with Gasteiger partial charge in [0.05, 0.1) is 0 Å². The molecule has 3 nitrogen and oxygen atoms in total. The van der Waals surface area contributed by atoms with E-state index in [2.05, 4.69) is 11.3 Å². The lowest BCUT2D eigenvalue weighted by molar-refractivity contribution is 0.0528. The number of hydrazine groups is 1. The van der Waals surface area contributed by atoms with Crippen molar-refractivity contribution in [2.45, 2.75) is 31.7 Å². The molecule has 1 aliphatic heterocycles. The zero-order valence-electron chi connectivity index (χ0n) is 7.96. The Morgan fingerprint density at radius 3 is 2.77 bits per heavy atom. The third kappa shape index (κ3) is 3.35. The first-order valence-electron chi connectivity index (χ1n) is 4.86. The summed E-state index contributed by atoms with van der Waals surface area (Å²) < 4.78 is 5.29. The Morgan fingerprint density at radius 1 is 1.54 bits per heavy atom. The minimum absolute atomic E-state index is 0.361. The predicted octanol–water partition coefficient (Wildman–Crippen LogP) is 0.658. The van der Waals surface area contributed by atoms with Gasteiger partial charge in [0.25, 0.3) is 0 Å². The van der Waals surface area contributed by atoms with Crippen LogP contribution in [0.15, 0.2) is 0 Å². The van der Waals surface area contributed by atoms with Crippen LogP contribution in [0.25, 0.3) is 0 Å². The van der Waals surface area contributed by atoms with E-state index in [9.17, 15) is 0 Å². The second kappa shape index (κ2) is 5.98. The molecule has 1 atom stereocenters. The zero-order valence-corrected chi connectivity index (χ0v) is 7.96. The number of nitrogens with two attached hydrogens (primary N) is 1. The Bertz CT molecular complexity index is 170. The average Bonchev–Trinajstić information content (AvgIpc) is 2.21. The van der Waals surface area contributed by atoms with E-state index >= 15 is 0 Å². The molecule has 0 amide bonds. The van der Waals surface area contributed by atoms with E-state index in [1.165, 1.54) is 0 Å². The van der Waals surface area contributed by atoms with Crippen LogP contribution in [0.2, 0.25) is 0 Å². The van der Waals surface area contributed by atoms with Crippen molar-refractivity contribution in [2.75, 3.05) is 13.2 Å². The maximum Gasteiger partial charge on any atom is 0.0469 e. The van der Waals surface area contributed by atoms with Gasteiger partial charge in [-0.1, -0.05) is 0 Å². The molecule has 1 aliphatic rings. The van der Waals surface area contributed by atoms with Gasteiger partial charge in [-0.05, 0) is 25.2 Å². The molecule has 1 unspecified atom stereocenters. The Morgan fingerprint density at radius 2 is 2.23 bits per heavy atom. The summed E-state index contributed by atoms with van der Waals surface area (Å²) in [4.78, 5) is 0. The molecule has 0 aromatic rings. The van der Waals surface area contributed by atoms with Crippen LogP contribution in [0.3, 0.4) is 0 Å². The van der Waals surface area contributed by atoms with Crippen LogP contribution < -0.4 is 11.3 Å². The smallest absolute Gasteiger partial charge is 0.0469 e. The van der Waals surface area contributed by atoms with Gasteiger partial charge in [-0.25, -0.2) is 0 Å². The third-order valence-corrected chi connectivity index (χ3v) is 2.65. The van der Waals surface area contributed by atoms with E-state index in [1.807, 2.05) is 0 Å². The van der Waals surface area contributed by atoms with Crippen LogP contribution in [0.4, 0.5) is 0 Å². The topological polar surface area (TPSA) is 47.3 Å². The van der Waals surface area contributed by atoms with Crippen molar-refractivity contribution in [2.24, 2.45) is 11.8 Å². The van der Waals surface area contributed by atoms with E-state index in [1.54, 1.807) is 0 Å². The molecule has 3 heteroatoms. The van der Waals surface area contributed by atoms with Crippen LogP contribution in [0.1, 0.15) is 25.7 Å². The quantitative estimate of drug-likeness (QED) is 0.381. The van der Waals surface area contributed by atoms with Crippen molar-refractivity contribution in [1.29, 1.82) is 0 Å². The van der Waals surface area contributed by atoms with Crippen molar-refractivity contribution in [1.82, 2.24) is 5.43 Å². The maximum atomic E-state index is 5.48. The van der Waals surface area contributed by atoms with E-state index < -0.39 is 0 Å². The number of rotatable bonds is 4. The molecule has 0 aromatic heterocycles. The van der Waals surface area contributed by atoms with E-state index in [0.717, 1.165) is 38.9 Å². The SMILES string of the molecule is C#CCCC(NN)C1CCOCC1. The summed E-state index contributed by atoms with van der Waals surface area (Å²) in [5, 5.41) is 0. The monoisotopic (exact) mass is 182 g/mol. The van der Waals surface area contributed by atoms with Gasteiger partial charge >= 0.3 is 0 Å². The molecule has 0 radical (unpaired) electrons. The number of hydrogen-bond acceptors (Lipinski definition) is 3. The number of terminal acetylenes is 1. The molecule has 74 valence electrons. The van der Waals surface area contributed by atoms with Gasteiger partial charge in [0.15, 0.2) is 0 Å². The maximum absolute atomic E-state index is 5.48. The van der Waals surface area contributed by atoms with Crippen LogP contribution in [0, 0.1) is 18.3 Å². The number of ether oxygens (including phenoxy) is 1. The second-order valence-electron chi connectivity index (χ2n) is 3.47. The Kier molecular flexibility index (Phi) is 4.84. The highest BCUT2D eigenvalue weighted by molar-refractivity contribution is 4.87. The van der Waals surface area contributed by atoms with Gasteiger partial charge in [0, 0.05) is 25.7 Å². The third-order valence-electron chi connectivity index (χ3n) is 2.65. The average molecular weight is 182 g/mol. The van der Waals surface area contributed by atoms with Crippen LogP contribution in [-0.2, 0) is 4.74 Å². The van der Waals surface area contributed by atoms with E-state index in [-0.39, 0.29) is 0 Å². The summed E-state index contributed by atoms with van der Waals surface area (Å²) in [6.07, 6.45) is 9.18. The van der Waals surface area contributed by atoms with Gasteiger partial charge in [-0.2, -0.15) is 0 Å². The van der Waals surface area contributed by atoms with Crippen LogP contribution in [0.5, 0.6) is 0 Å². The van der Waals surface area contributed by atoms with Gasteiger partial charge in [0.2, 0.25) is 0 Å². The van der Waals surface area contributed by atoms with Gasteiger partial charge in [-0.15, -0.1) is 12.3 Å². The van der Waals surface area contributed by atoms with Crippen molar-refractivity contribution in [3.05, 3.63) is 0 Å². The first-order chi connectivity index (χ1) is 6.38. The molecule has 13 heavy (non-hydrogen) atoms. The summed E-state index contributed by atoms with van der Waals surface area (Å²) in [6.45, 7) is 1.72. The summed E-state index contributed by atoms with van der Waals surface area (Å²) in [5.41, 5.74) is 2.86. The van der Waals surface area contributed by atoms with Crippen LogP contribution in [-0.4, -0.2) is 19.3 Å². The molecular weight excluding hydrogens is 164 g/mol. The molecule has 0 bridgehead atoms. The second-order valence-corrected chi connectivity index (χ2v) is 3.47. The summed E-state index contributed by atoms with van der Waals surface area (Å²) in [7, 11) is 0. The van der Waals surface area contributed by atoms with Gasteiger partial charge in [0.1, 0.15) is 0 Å². The Labute approximate surface area is 80.0 Å². The molecular formula is C10H18N2O. The fourth-order valence-corrected chi connectivity index (χ4v) is 1.81. The molecule has 0 aromatic carbocycles. The van der Waals surface area contributed by atoms with Crippen molar-refractivity contribution < 1.29 is 4.74 Å². The van der Waals surface area contributed by atoms with Crippen LogP contribution >= 0.6 is 0 Å². The molecule has 1 rings (SSSR count). The summed E-state index contributed by atoms with van der Waals surface area (Å²) in [5.74, 6) is 8.76. The normalized spacial score (nSPS) is 20.9. The molecule has 0 aliphatic carbocycles. The van der Waals surface area contributed by atoms with Gasteiger partial charge < -0.3 is 4.74 Å². The minimum Gasteiger partial charge on any atom is -0.381 e. The fourth-order valence-electron chi connectivity index (χ4n) is 1.81. The lowest BCUT2D eigenvalue weighted by atomic mass is 9.89. The Hall–Kier alpha value is -0.560. The fraction of sp³-hybridized carbons (Fsp3) is 0.800. The highest BCUT2D eigenvalue weighted by Crippen LogP contribution is 2.20.